The predicted molar refractivity (Wildman–Crippen MR) is 75.9 cm³/mol. The Morgan fingerprint density at radius 3 is 2.83 bits per heavy atom. The van der Waals surface area contributed by atoms with Crippen molar-refractivity contribution in [2.75, 3.05) is 5.73 Å². The number of aromatic nitrogens is 1. The van der Waals surface area contributed by atoms with Gasteiger partial charge in [-0.05, 0) is 25.0 Å². The number of pyridine rings is 1. The molecule has 2 rings (SSSR count). The maximum absolute atomic E-state index is 12.2. The summed E-state index contributed by atoms with van der Waals surface area (Å²) in [6.45, 7) is 4.12. The summed E-state index contributed by atoms with van der Waals surface area (Å²) in [5, 5.41) is 3.00. The summed E-state index contributed by atoms with van der Waals surface area (Å²) in [6, 6.07) is 3.98. The van der Waals surface area contributed by atoms with Gasteiger partial charge in [-0.2, -0.15) is 0 Å². The van der Waals surface area contributed by atoms with E-state index in [9.17, 15) is 4.79 Å². The number of nitrogen functional groups attached to an aromatic ring is 1. The van der Waals surface area contributed by atoms with Crippen LogP contribution in [0.15, 0.2) is 18.3 Å². The van der Waals surface area contributed by atoms with Crippen molar-refractivity contribution in [3.63, 3.8) is 0 Å². The number of fused-ring (bicyclic) bond motifs is 1. The van der Waals surface area contributed by atoms with Gasteiger partial charge in [-0.15, -0.1) is 11.3 Å². The molecule has 2 aromatic rings. The zero-order valence-electron chi connectivity index (χ0n) is 10.6. The van der Waals surface area contributed by atoms with Crippen molar-refractivity contribution >= 4 is 33.1 Å². The van der Waals surface area contributed by atoms with E-state index in [1.54, 1.807) is 6.20 Å². The quantitative estimate of drug-likeness (QED) is 0.891. The summed E-state index contributed by atoms with van der Waals surface area (Å²) in [5.41, 5.74) is 7.19. The van der Waals surface area contributed by atoms with Gasteiger partial charge in [0.25, 0.3) is 5.91 Å². The van der Waals surface area contributed by atoms with Gasteiger partial charge in [-0.3, -0.25) is 9.78 Å². The van der Waals surface area contributed by atoms with E-state index in [2.05, 4.69) is 24.1 Å². The Labute approximate surface area is 110 Å². The fourth-order valence-corrected chi connectivity index (χ4v) is 2.84. The minimum Gasteiger partial charge on any atom is -0.396 e. The van der Waals surface area contributed by atoms with E-state index in [-0.39, 0.29) is 11.9 Å². The number of rotatable bonds is 4. The summed E-state index contributed by atoms with van der Waals surface area (Å²) in [5.74, 6) is -0.0933. The Bertz CT molecular complexity index is 560. The number of hydrogen-bond donors (Lipinski definition) is 2. The SMILES string of the molecule is CCC(CC)NC(=O)c1sc2cccnc2c1N. The van der Waals surface area contributed by atoms with Crippen LogP contribution in [0, 0.1) is 0 Å². The van der Waals surface area contributed by atoms with Crippen LogP contribution in [-0.2, 0) is 0 Å². The van der Waals surface area contributed by atoms with Crippen LogP contribution in [0.3, 0.4) is 0 Å². The molecule has 2 aromatic heterocycles. The van der Waals surface area contributed by atoms with E-state index in [1.165, 1.54) is 11.3 Å². The van der Waals surface area contributed by atoms with Crippen molar-refractivity contribution in [2.45, 2.75) is 32.7 Å². The lowest BCUT2D eigenvalue weighted by molar-refractivity contribution is 0.0940. The molecular weight excluding hydrogens is 246 g/mol. The lowest BCUT2D eigenvalue weighted by atomic mass is 10.1. The normalized spacial score (nSPS) is 11.1. The molecule has 18 heavy (non-hydrogen) atoms. The maximum atomic E-state index is 12.2. The van der Waals surface area contributed by atoms with Crippen molar-refractivity contribution in [1.82, 2.24) is 10.3 Å². The Morgan fingerprint density at radius 2 is 2.22 bits per heavy atom. The van der Waals surface area contributed by atoms with E-state index < -0.39 is 0 Å². The molecule has 0 saturated heterocycles. The predicted octanol–water partition coefficient (Wildman–Crippen LogP) is 2.80. The second kappa shape index (κ2) is 5.35. The van der Waals surface area contributed by atoms with Gasteiger partial charge in [0.1, 0.15) is 10.4 Å². The molecule has 0 radical (unpaired) electrons. The topological polar surface area (TPSA) is 68.0 Å². The van der Waals surface area contributed by atoms with E-state index >= 15 is 0 Å². The summed E-state index contributed by atoms with van der Waals surface area (Å²) in [6.07, 6.45) is 3.53. The smallest absolute Gasteiger partial charge is 0.263 e. The molecule has 2 heterocycles. The Balaban J connectivity index is 2.30. The maximum Gasteiger partial charge on any atom is 0.263 e. The molecule has 5 heteroatoms. The standard InChI is InChI=1S/C13H17N3OS/c1-3-8(4-2)16-13(17)12-10(14)11-9(18-12)6-5-7-15-11/h5-8H,3-4,14H2,1-2H3,(H,16,17). The summed E-state index contributed by atoms with van der Waals surface area (Å²) in [4.78, 5) is 16.9. The number of anilines is 1. The van der Waals surface area contributed by atoms with Gasteiger partial charge < -0.3 is 11.1 Å². The van der Waals surface area contributed by atoms with Crippen LogP contribution in [-0.4, -0.2) is 16.9 Å². The molecule has 0 spiro atoms. The lowest BCUT2D eigenvalue weighted by Gasteiger charge is -2.13. The molecule has 0 saturated carbocycles. The largest absolute Gasteiger partial charge is 0.396 e. The third kappa shape index (κ3) is 2.31. The number of nitrogens with two attached hydrogens (primary N) is 1. The third-order valence-electron chi connectivity index (χ3n) is 3.01. The van der Waals surface area contributed by atoms with E-state index in [0.29, 0.717) is 10.6 Å². The van der Waals surface area contributed by atoms with Gasteiger partial charge in [-0.25, -0.2) is 0 Å². The van der Waals surface area contributed by atoms with E-state index in [0.717, 1.165) is 23.1 Å². The lowest BCUT2D eigenvalue weighted by Crippen LogP contribution is -2.33. The van der Waals surface area contributed by atoms with E-state index in [1.807, 2.05) is 12.1 Å². The van der Waals surface area contributed by atoms with Crippen molar-refractivity contribution in [2.24, 2.45) is 0 Å². The van der Waals surface area contributed by atoms with Gasteiger partial charge in [0, 0.05) is 12.2 Å². The molecular formula is C13H17N3OS. The first kappa shape index (κ1) is 12.8. The highest BCUT2D eigenvalue weighted by Gasteiger charge is 2.18. The highest BCUT2D eigenvalue weighted by atomic mass is 32.1. The number of amides is 1. The molecule has 1 amide bonds. The van der Waals surface area contributed by atoms with Gasteiger partial charge in [0.05, 0.1) is 10.4 Å². The van der Waals surface area contributed by atoms with Crippen LogP contribution in [0.5, 0.6) is 0 Å². The highest BCUT2D eigenvalue weighted by Crippen LogP contribution is 2.31. The number of carbonyl (C=O) groups excluding carboxylic acids is 1. The zero-order valence-corrected chi connectivity index (χ0v) is 11.4. The Kier molecular flexibility index (Phi) is 3.81. The summed E-state index contributed by atoms with van der Waals surface area (Å²) >= 11 is 1.40. The van der Waals surface area contributed by atoms with Crippen molar-refractivity contribution in [1.29, 1.82) is 0 Å². The van der Waals surface area contributed by atoms with E-state index in [4.69, 9.17) is 5.73 Å². The van der Waals surface area contributed by atoms with Crippen molar-refractivity contribution < 1.29 is 4.79 Å². The fourth-order valence-electron chi connectivity index (χ4n) is 1.86. The van der Waals surface area contributed by atoms with Gasteiger partial charge >= 0.3 is 0 Å². The van der Waals surface area contributed by atoms with Crippen LogP contribution < -0.4 is 11.1 Å². The molecule has 3 N–H and O–H groups in total. The second-order valence-electron chi connectivity index (χ2n) is 4.18. The number of nitrogens with one attached hydrogen (secondary N) is 1. The molecule has 0 aliphatic carbocycles. The monoisotopic (exact) mass is 263 g/mol. The average molecular weight is 263 g/mol. The second-order valence-corrected chi connectivity index (χ2v) is 5.23. The molecule has 96 valence electrons. The number of hydrogen-bond acceptors (Lipinski definition) is 4. The van der Waals surface area contributed by atoms with Crippen LogP contribution in [0.2, 0.25) is 0 Å². The molecule has 4 nitrogen and oxygen atoms in total. The highest BCUT2D eigenvalue weighted by molar-refractivity contribution is 7.21. The Morgan fingerprint density at radius 1 is 1.50 bits per heavy atom. The fraction of sp³-hybridized carbons (Fsp3) is 0.385. The first-order chi connectivity index (χ1) is 8.67. The van der Waals surface area contributed by atoms with Crippen LogP contribution >= 0.6 is 11.3 Å². The molecule has 0 aliphatic rings. The molecule has 0 fully saturated rings. The van der Waals surface area contributed by atoms with Gasteiger partial charge in [-0.1, -0.05) is 13.8 Å². The summed E-state index contributed by atoms with van der Waals surface area (Å²) < 4.78 is 0.949. The molecule has 0 bridgehead atoms. The molecule has 0 aromatic carbocycles. The third-order valence-corrected chi connectivity index (χ3v) is 4.17. The minimum atomic E-state index is -0.0933. The number of nitrogens with zero attached hydrogens (tertiary/aromatic N) is 1. The van der Waals surface area contributed by atoms with Crippen LogP contribution in [0.25, 0.3) is 10.2 Å². The molecule has 0 unspecified atom stereocenters. The summed E-state index contributed by atoms with van der Waals surface area (Å²) in [7, 11) is 0. The van der Waals surface area contributed by atoms with Gasteiger partial charge in [0.2, 0.25) is 0 Å². The zero-order chi connectivity index (χ0) is 13.1. The molecule has 0 aliphatic heterocycles. The number of thiophene rings is 1. The number of carbonyl (C=O) groups is 1. The van der Waals surface area contributed by atoms with Crippen molar-refractivity contribution in [3.05, 3.63) is 23.2 Å². The van der Waals surface area contributed by atoms with Crippen molar-refractivity contribution in [3.8, 4) is 0 Å². The Hall–Kier alpha value is -1.62. The minimum absolute atomic E-state index is 0.0933. The first-order valence-electron chi connectivity index (χ1n) is 6.11. The average Bonchev–Trinajstić information content (AvgIpc) is 2.74. The van der Waals surface area contributed by atoms with Crippen LogP contribution in [0.4, 0.5) is 5.69 Å². The van der Waals surface area contributed by atoms with Gasteiger partial charge in [0.15, 0.2) is 0 Å². The van der Waals surface area contributed by atoms with Crippen LogP contribution in [0.1, 0.15) is 36.4 Å². The first-order valence-corrected chi connectivity index (χ1v) is 6.92. The molecule has 0 atom stereocenters.